The second-order valence-electron chi connectivity index (χ2n) is 10.5. The van der Waals surface area contributed by atoms with Crippen molar-refractivity contribution in [1.82, 2.24) is 40.9 Å². The van der Waals surface area contributed by atoms with E-state index in [-0.39, 0.29) is 19.3 Å². The zero-order valence-corrected chi connectivity index (χ0v) is 24.1. The molecule has 15 heteroatoms. The molecule has 0 saturated heterocycles. The minimum atomic E-state index is -1.29. The maximum absolute atomic E-state index is 13.8. The van der Waals surface area contributed by atoms with Crippen molar-refractivity contribution >= 4 is 34.6 Å². The molecule has 4 atom stereocenters. The molecule has 3 aromatic heterocycles. The van der Waals surface area contributed by atoms with Crippen LogP contribution in [0.5, 0.6) is 0 Å². The molecule has 3 heterocycles. The van der Waals surface area contributed by atoms with Crippen LogP contribution in [0.2, 0.25) is 0 Å². The summed E-state index contributed by atoms with van der Waals surface area (Å²) in [6.45, 7) is 0.477. The van der Waals surface area contributed by atoms with Crippen molar-refractivity contribution in [3.63, 3.8) is 0 Å². The average molecular weight is 607 g/mol. The van der Waals surface area contributed by atoms with Gasteiger partial charge in [-0.3, -0.25) is 14.4 Å². The number of benzene rings is 1. The molecule has 0 aliphatic carbocycles. The number of aromatic nitrogens is 5. The molecule has 0 spiro atoms. The second-order valence-corrected chi connectivity index (χ2v) is 10.5. The number of carbonyl (C=O) groups excluding carboxylic acids is 3. The predicted molar refractivity (Wildman–Crippen MR) is 161 cm³/mol. The fourth-order valence-corrected chi connectivity index (χ4v) is 4.83. The number of carboxylic acid groups (broad SMARTS) is 1. The second kappa shape index (κ2) is 15.5. The minimum Gasteiger partial charge on any atom is -0.480 e. The number of fused-ring (bicyclic) bond motifs is 1. The Labute approximate surface area is 253 Å². The number of nitrogens with zero attached hydrogens (tertiary/aromatic N) is 2. The maximum Gasteiger partial charge on any atom is 0.326 e. The van der Waals surface area contributed by atoms with Crippen LogP contribution in [0.15, 0.2) is 55.5 Å². The standard InChI is InChI=1S/C29H38N10O5/c30-8-4-3-6-21(31)26(40)37-23(9-17-12-34-22-7-2-1-5-20(17)22)27(41)38-24(10-18-13-32-15-35-18)28(42)39-25(29(43)44)11-19-14-33-16-36-19/h1-2,5,7,12-16,21,23-25,34H,3-4,6,8-11,30-31H2,(H,32,35)(H,33,36)(H,37,40)(H,38,41)(H,39,42)(H,43,44). The lowest BCUT2D eigenvalue weighted by Crippen LogP contribution is -2.58. The molecular formula is C29H38N10O5. The summed E-state index contributed by atoms with van der Waals surface area (Å²) in [6.07, 6.45) is 9.35. The average Bonchev–Trinajstić information content (AvgIpc) is 3.79. The van der Waals surface area contributed by atoms with Gasteiger partial charge in [-0.15, -0.1) is 0 Å². The zero-order valence-electron chi connectivity index (χ0n) is 24.1. The molecule has 44 heavy (non-hydrogen) atoms. The Balaban J connectivity index is 1.55. The predicted octanol–water partition coefficient (Wildman–Crippen LogP) is -0.363. The SMILES string of the molecule is NCCCCC(N)C(=O)NC(Cc1c[nH]c2ccccc12)C(=O)NC(Cc1cnc[nH]1)C(=O)NC(Cc1cnc[nH]1)C(=O)O. The Morgan fingerprint density at radius 3 is 2.00 bits per heavy atom. The molecule has 4 aromatic rings. The summed E-state index contributed by atoms with van der Waals surface area (Å²) in [5, 5.41) is 18.6. The number of carboxylic acids is 1. The monoisotopic (exact) mass is 606 g/mol. The number of aliphatic carboxylic acids is 1. The van der Waals surface area contributed by atoms with Crippen LogP contribution in [0.4, 0.5) is 0 Å². The van der Waals surface area contributed by atoms with E-state index in [9.17, 15) is 24.3 Å². The van der Waals surface area contributed by atoms with Crippen LogP contribution >= 0.6 is 0 Å². The number of para-hydroxylation sites is 1. The topological polar surface area (TPSA) is 250 Å². The third kappa shape index (κ3) is 8.75. The summed E-state index contributed by atoms with van der Waals surface area (Å²) in [6, 6.07) is 3.09. The van der Waals surface area contributed by atoms with Gasteiger partial charge in [0, 0.05) is 60.1 Å². The van der Waals surface area contributed by atoms with Gasteiger partial charge < -0.3 is 47.5 Å². The van der Waals surface area contributed by atoms with Crippen LogP contribution in [0.1, 0.15) is 36.2 Å². The van der Waals surface area contributed by atoms with E-state index < -0.39 is 47.9 Å². The molecule has 11 N–H and O–H groups in total. The molecule has 0 radical (unpaired) electrons. The van der Waals surface area contributed by atoms with Crippen LogP contribution in [0.3, 0.4) is 0 Å². The van der Waals surface area contributed by atoms with Crippen molar-refractivity contribution in [3.05, 3.63) is 72.5 Å². The number of amides is 3. The van der Waals surface area contributed by atoms with Crippen molar-refractivity contribution in [2.45, 2.75) is 62.7 Å². The first kappa shape index (κ1) is 31.9. The first-order valence-electron chi connectivity index (χ1n) is 14.3. The summed E-state index contributed by atoms with van der Waals surface area (Å²) >= 11 is 0. The van der Waals surface area contributed by atoms with Gasteiger partial charge in [0.1, 0.15) is 18.1 Å². The Bertz CT molecular complexity index is 1520. The zero-order chi connectivity index (χ0) is 31.5. The van der Waals surface area contributed by atoms with Crippen molar-refractivity contribution < 1.29 is 24.3 Å². The lowest BCUT2D eigenvalue weighted by atomic mass is 10.0. The van der Waals surface area contributed by atoms with Gasteiger partial charge in [-0.2, -0.15) is 0 Å². The number of rotatable bonds is 17. The molecule has 0 bridgehead atoms. The lowest BCUT2D eigenvalue weighted by Gasteiger charge is -2.25. The van der Waals surface area contributed by atoms with Crippen molar-refractivity contribution in [3.8, 4) is 0 Å². The molecule has 0 saturated carbocycles. The first-order chi connectivity index (χ1) is 21.2. The number of H-pyrrole nitrogens is 3. The van der Waals surface area contributed by atoms with Crippen molar-refractivity contribution in [2.24, 2.45) is 11.5 Å². The highest BCUT2D eigenvalue weighted by Crippen LogP contribution is 2.19. The molecule has 1 aromatic carbocycles. The van der Waals surface area contributed by atoms with Gasteiger partial charge in [0.15, 0.2) is 0 Å². The van der Waals surface area contributed by atoms with Gasteiger partial charge in [-0.1, -0.05) is 24.6 Å². The summed E-state index contributed by atoms with van der Waals surface area (Å²) in [7, 11) is 0. The van der Waals surface area contributed by atoms with E-state index in [4.69, 9.17) is 11.5 Å². The fourth-order valence-electron chi connectivity index (χ4n) is 4.83. The molecular weight excluding hydrogens is 568 g/mol. The van der Waals surface area contributed by atoms with Crippen molar-refractivity contribution in [1.29, 1.82) is 0 Å². The van der Waals surface area contributed by atoms with Crippen molar-refractivity contribution in [2.75, 3.05) is 6.54 Å². The molecule has 3 amide bonds. The quantitative estimate of drug-likeness (QED) is 0.0711. The Morgan fingerprint density at radius 2 is 1.39 bits per heavy atom. The van der Waals surface area contributed by atoms with Gasteiger partial charge in [-0.25, -0.2) is 14.8 Å². The van der Waals surface area contributed by atoms with Gasteiger partial charge in [0.2, 0.25) is 17.7 Å². The molecule has 0 aliphatic rings. The van der Waals surface area contributed by atoms with E-state index >= 15 is 0 Å². The third-order valence-corrected chi connectivity index (χ3v) is 7.24. The molecule has 4 rings (SSSR count). The van der Waals surface area contributed by atoms with Gasteiger partial charge in [-0.05, 0) is 31.0 Å². The van der Waals surface area contributed by atoms with E-state index in [1.807, 2.05) is 24.3 Å². The molecule has 15 nitrogen and oxygen atoms in total. The number of nitrogens with two attached hydrogens (primary N) is 2. The van der Waals surface area contributed by atoms with Crippen LogP contribution in [0.25, 0.3) is 10.9 Å². The molecule has 0 fully saturated rings. The third-order valence-electron chi connectivity index (χ3n) is 7.24. The Morgan fingerprint density at radius 1 is 0.795 bits per heavy atom. The lowest BCUT2D eigenvalue weighted by molar-refractivity contribution is -0.142. The summed E-state index contributed by atoms with van der Waals surface area (Å²) in [4.78, 5) is 69.1. The summed E-state index contributed by atoms with van der Waals surface area (Å²) in [5.41, 5.74) is 14.4. The summed E-state index contributed by atoms with van der Waals surface area (Å²) in [5.74, 6) is -3.14. The van der Waals surface area contributed by atoms with E-state index in [1.165, 1.54) is 25.0 Å². The number of aromatic amines is 3. The van der Waals surface area contributed by atoms with Crippen LogP contribution in [0, 0.1) is 0 Å². The number of unbranched alkanes of at least 4 members (excludes halogenated alkanes) is 1. The minimum absolute atomic E-state index is 0.0136. The number of imidazole rings is 2. The van der Waals surface area contributed by atoms with Gasteiger partial charge >= 0.3 is 5.97 Å². The number of nitrogens with one attached hydrogen (secondary N) is 6. The summed E-state index contributed by atoms with van der Waals surface area (Å²) < 4.78 is 0. The Hall–Kier alpha value is -5.02. The largest absolute Gasteiger partial charge is 0.480 e. The van der Waals surface area contributed by atoms with Gasteiger partial charge in [0.25, 0.3) is 0 Å². The highest BCUT2D eigenvalue weighted by molar-refractivity contribution is 5.95. The van der Waals surface area contributed by atoms with E-state index in [0.717, 1.165) is 16.5 Å². The normalized spacial score (nSPS) is 14.0. The molecule has 4 unspecified atom stereocenters. The number of carbonyl (C=O) groups is 4. The van der Waals surface area contributed by atoms with E-state index in [2.05, 4.69) is 40.9 Å². The van der Waals surface area contributed by atoms with E-state index in [0.29, 0.717) is 37.2 Å². The Kier molecular flexibility index (Phi) is 11.2. The van der Waals surface area contributed by atoms with E-state index in [1.54, 1.807) is 6.20 Å². The first-order valence-corrected chi connectivity index (χ1v) is 14.3. The fraction of sp³-hybridized carbons (Fsp3) is 0.379. The highest BCUT2D eigenvalue weighted by Gasteiger charge is 2.31. The number of hydrogen-bond acceptors (Lipinski definition) is 8. The smallest absolute Gasteiger partial charge is 0.326 e. The molecule has 0 aliphatic heterocycles. The van der Waals surface area contributed by atoms with Crippen LogP contribution < -0.4 is 27.4 Å². The van der Waals surface area contributed by atoms with Crippen LogP contribution in [-0.4, -0.2) is 84.4 Å². The maximum atomic E-state index is 13.8. The molecule has 234 valence electrons. The van der Waals surface area contributed by atoms with Crippen LogP contribution in [-0.2, 0) is 38.4 Å². The number of hydrogen-bond donors (Lipinski definition) is 9. The van der Waals surface area contributed by atoms with Gasteiger partial charge in [0.05, 0.1) is 18.7 Å². The highest BCUT2D eigenvalue weighted by atomic mass is 16.4.